The summed E-state index contributed by atoms with van der Waals surface area (Å²) in [6, 6.07) is 9.64. The van der Waals surface area contributed by atoms with Gasteiger partial charge in [-0.3, -0.25) is 4.90 Å². The highest BCUT2D eigenvalue weighted by Gasteiger charge is 2.27. The maximum Gasteiger partial charge on any atom is 0.257 e. The van der Waals surface area contributed by atoms with Crippen molar-refractivity contribution in [3.05, 3.63) is 36.2 Å². The molecule has 0 unspecified atom stereocenters. The van der Waals surface area contributed by atoms with Crippen molar-refractivity contribution in [2.75, 3.05) is 19.7 Å². The average Bonchev–Trinajstić information content (AvgIpc) is 2.97. The van der Waals surface area contributed by atoms with Gasteiger partial charge in [-0.05, 0) is 25.1 Å². The molecule has 2 aromatic rings. The minimum atomic E-state index is -0.496. The van der Waals surface area contributed by atoms with Gasteiger partial charge in [0.2, 0.25) is 0 Å². The Balaban J connectivity index is 1.63. The Morgan fingerprint density at radius 2 is 2.10 bits per heavy atom. The lowest BCUT2D eigenvalue weighted by Gasteiger charge is -2.34. The predicted molar refractivity (Wildman–Crippen MR) is 76.2 cm³/mol. The number of aliphatic hydroxyl groups excluding tert-OH is 2. The molecule has 1 aliphatic rings. The van der Waals surface area contributed by atoms with Gasteiger partial charge in [0.15, 0.2) is 5.82 Å². The summed E-state index contributed by atoms with van der Waals surface area (Å²) < 4.78 is 5.27. The fraction of sp³-hybridized carbons (Fsp3) is 0.467. The summed E-state index contributed by atoms with van der Waals surface area (Å²) in [7, 11) is 0. The van der Waals surface area contributed by atoms with Crippen LogP contribution >= 0.6 is 0 Å². The van der Waals surface area contributed by atoms with Crippen molar-refractivity contribution in [3.63, 3.8) is 0 Å². The fourth-order valence-electron chi connectivity index (χ4n) is 2.62. The molecule has 6 heteroatoms. The molecule has 3 rings (SSSR count). The van der Waals surface area contributed by atoms with Gasteiger partial charge in [-0.25, -0.2) is 0 Å². The number of rotatable bonds is 4. The van der Waals surface area contributed by atoms with Gasteiger partial charge in [-0.1, -0.05) is 23.4 Å². The fourth-order valence-corrected chi connectivity index (χ4v) is 2.62. The molecule has 1 saturated heterocycles. The van der Waals surface area contributed by atoms with Crippen molar-refractivity contribution in [2.24, 2.45) is 5.92 Å². The normalized spacial score (nSPS) is 23.3. The molecule has 21 heavy (non-hydrogen) atoms. The van der Waals surface area contributed by atoms with Crippen molar-refractivity contribution in [3.8, 4) is 11.5 Å². The lowest BCUT2D eigenvalue weighted by molar-refractivity contribution is -0.00534. The van der Waals surface area contributed by atoms with Crippen LogP contribution in [0, 0.1) is 5.92 Å². The first-order valence-corrected chi connectivity index (χ1v) is 7.15. The molecule has 0 saturated carbocycles. The monoisotopic (exact) mass is 289 g/mol. The van der Waals surface area contributed by atoms with E-state index in [1.54, 1.807) is 0 Å². The van der Waals surface area contributed by atoms with Crippen molar-refractivity contribution in [1.82, 2.24) is 15.0 Å². The molecule has 0 spiro atoms. The summed E-state index contributed by atoms with van der Waals surface area (Å²) in [5.74, 6) is 1.10. The van der Waals surface area contributed by atoms with Crippen molar-refractivity contribution in [2.45, 2.75) is 19.1 Å². The Hall–Kier alpha value is -1.76. The second-order valence-electron chi connectivity index (χ2n) is 5.42. The van der Waals surface area contributed by atoms with Crippen LogP contribution < -0.4 is 0 Å². The second kappa shape index (κ2) is 6.34. The number of nitrogens with zero attached hydrogens (tertiary/aromatic N) is 3. The summed E-state index contributed by atoms with van der Waals surface area (Å²) >= 11 is 0. The van der Waals surface area contributed by atoms with E-state index >= 15 is 0 Å². The van der Waals surface area contributed by atoms with Crippen LogP contribution in [0.5, 0.6) is 0 Å². The Morgan fingerprint density at radius 3 is 2.81 bits per heavy atom. The highest BCUT2D eigenvalue weighted by Crippen LogP contribution is 2.20. The van der Waals surface area contributed by atoms with Gasteiger partial charge in [0.05, 0.1) is 12.6 Å². The first-order chi connectivity index (χ1) is 10.3. The van der Waals surface area contributed by atoms with E-state index in [4.69, 9.17) is 9.63 Å². The van der Waals surface area contributed by atoms with E-state index in [0.717, 1.165) is 18.5 Å². The number of aliphatic hydroxyl groups is 2. The molecule has 6 nitrogen and oxygen atoms in total. The number of benzene rings is 1. The third-order valence-electron chi connectivity index (χ3n) is 3.89. The molecule has 0 amide bonds. The maximum atomic E-state index is 9.93. The SMILES string of the molecule is OC[C@H]1CCN(Cc2noc(-c3ccccc3)n2)C[C@@H]1O. The second-order valence-corrected chi connectivity index (χ2v) is 5.42. The summed E-state index contributed by atoms with van der Waals surface area (Å²) in [5, 5.41) is 23.1. The van der Waals surface area contributed by atoms with E-state index in [9.17, 15) is 5.11 Å². The van der Waals surface area contributed by atoms with Gasteiger partial charge in [0.1, 0.15) is 0 Å². The Kier molecular flexibility index (Phi) is 4.28. The standard InChI is InChI=1S/C15H19N3O3/c19-10-12-6-7-18(8-13(12)20)9-14-16-15(21-17-14)11-4-2-1-3-5-11/h1-5,12-13,19-20H,6-10H2/t12-,13+/m1/s1. The summed E-state index contributed by atoms with van der Waals surface area (Å²) in [4.78, 5) is 6.47. The zero-order valence-electron chi connectivity index (χ0n) is 11.7. The van der Waals surface area contributed by atoms with E-state index in [1.165, 1.54) is 0 Å². The molecule has 0 radical (unpaired) electrons. The number of hydrogen-bond acceptors (Lipinski definition) is 6. The highest BCUT2D eigenvalue weighted by molar-refractivity contribution is 5.51. The number of piperidine rings is 1. The summed E-state index contributed by atoms with van der Waals surface area (Å²) in [5.41, 5.74) is 0.898. The minimum Gasteiger partial charge on any atom is -0.396 e. The molecule has 2 N–H and O–H groups in total. The van der Waals surface area contributed by atoms with Crippen LogP contribution in [0.25, 0.3) is 11.5 Å². The maximum absolute atomic E-state index is 9.93. The van der Waals surface area contributed by atoms with Gasteiger partial charge in [0.25, 0.3) is 5.89 Å². The summed E-state index contributed by atoms with van der Waals surface area (Å²) in [6.07, 6.45) is 0.283. The molecule has 1 fully saturated rings. The zero-order valence-corrected chi connectivity index (χ0v) is 11.7. The average molecular weight is 289 g/mol. The van der Waals surface area contributed by atoms with Crippen LogP contribution in [-0.4, -0.2) is 51.1 Å². The molecule has 1 aromatic carbocycles. The van der Waals surface area contributed by atoms with Gasteiger partial charge in [-0.15, -0.1) is 0 Å². The molecular weight excluding hydrogens is 270 g/mol. The van der Waals surface area contributed by atoms with Gasteiger partial charge in [0, 0.05) is 24.6 Å². The number of aromatic nitrogens is 2. The first-order valence-electron chi connectivity index (χ1n) is 7.15. The Labute approximate surface area is 123 Å². The van der Waals surface area contributed by atoms with Gasteiger partial charge < -0.3 is 14.7 Å². The molecule has 2 heterocycles. The van der Waals surface area contributed by atoms with Crippen molar-refractivity contribution in [1.29, 1.82) is 0 Å². The third-order valence-corrected chi connectivity index (χ3v) is 3.89. The van der Waals surface area contributed by atoms with E-state index in [0.29, 0.717) is 24.8 Å². The first kappa shape index (κ1) is 14.2. The topological polar surface area (TPSA) is 82.6 Å². The van der Waals surface area contributed by atoms with Gasteiger partial charge in [-0.2, -0.15) is 4.98 Å². The van der Waals surface area contributed by atoms with E-state index in [2.05, 4.69) is 15.0 Å². The number of hydrogen-bond donors (Lipinski definition) is 2. The Bertz CT molecular complexity index is 573. The number of β-amino-alcohol motifs (C(OH)–C–C–N with tert-alkyl or cyclic N) is 1. The Morgan fingerprint density at radius 1 is 1.29 bits per heavy atom. The van der Waals surface area contributed by atoms with Crippen LogP contribution in [0.15, 0.2) is 34.9 Å². The smallest absolute Gasteiger partial charge is 0.257 e. The van der Waals surface area contributed by atoms with E-state index < -0.39 is 6.10 Å². The predicted octanol–water partition coefficient (Wildman–Crippen LogP) is 0.912. The van der Waals surface area contributed by atoms with Gasteiger partial charge >= 0.3 is 0 Å². The van der Waals surface area contributed by atoms with E-state index in [-0.39, 0.29) is 12.5 Å². The number of likely N-dealkylation sites (tertiary alicyclic amines) is 1. The molecular formula is C15H19N3O3. The largest absolute Gasteiger partial charge is 0.396 e. The van der Waals surface area contributed by atoms with Crippen LogP contribution in [0.1, 0.15) is 12.2 Å². The highest BCUT2D eigenvalue weighted by atomic mass is 16.5. The lowest BCUT2D eigenvalue weighted by atomic mass is 9.95. The molecule has 2 atom stereocenters. The minimum absolute atomic E-state index is 0.0219. The molecule has 0 aliphatic carbocycles. The quantitative estimate of drug-likeness (QED) is 0.870. The van der Waals surface area contributed by atoms with Crippen LogP contribution in [-0.2, 0) is 6.54 Å². The summed E-state index contributed by atoms with van der Waals surface area (Å²) in [6.45, 7) is 1.93. The van der Waals surface area contributed by atoms with Crippen LogP contribution in [0.3, 0.4) is 0 Å². The lowest BCUT2D eigenvalue weighted by Crippen LogP contribution is -2.44. The molecule has 1 aromatic heterocycles. The third kappa shape index (κ3) is 3.29. The van der Waals surface area contributed by atoms with Crippen molar-refractivity contribution < 1.29 is 14.7 Å². The molecule has 1 aliphatic heterocycles. The van der Waals surface area contributed by atoms with Crippen molar-refractivity contribution >= 4 is 0 Å². The zero-order chi connectivity index (χ0) is 14.7. The molecule has 112 valence electrons. The van der Waals surface area contributed by atoms with Crippen LogP contribution in [0.4, 0.5) is 0 Å². The molecule has 0 bridgehead atoms. The van der Waals surface area contributed by atoms with E-state index in [1.807, 2.05) is 30.3 Å². The van der Waals surface area contributed by atoms with Crippen LogP contribution in [0.2, 0.25) is 0 Å².